The van der Waals surface area contributed by atoms with E-state index in [1.807, 2.05) is 0 Å². The van der Waals surface area contributed by atoms with Crippen LogP contribution in [0.15, 0.2) is 30.6 Å². The molecule has 1 heterocycles. The Kier molecular flexibility index (Phi) is 3.88. The summed E-state index contributed by atoms with van der Waals surface area (Å²) in [5, 5.41) is 14.8. The van der Waals surface area contributed by atoms with Crippen molar-refractivity contribution in [3.8, 4) is 11.4 Å². The SMILES string of the molecule is O=[N+]([O-])c1ccc(-c2ncn(CCCCl)n2)cc1. The molecule has 0 N–H and O–H groups in total. The molecule has 2 aromatic rings. The monoisotopic (exact) mass is 266 g/mol. The minimum atomic E-state index is -0.434. The maximum Gasteiger partial charge on any atom is 0.269 e. The number of nitro groups is 1. The summed E-state index contributed by atoms with van der Waals surface area (Å²) in [6.07, 6.45) is 2.45. The molecule has 0 aliphatic carbocycles. The first-order chi connectivity index (χ1) is 8.70. The minimum absolute atomic E-state index is 0.0559. The van der Waals surface area contributed by atoms with E-state index in [0.717, 1.165) is 12.0 Å². The molecule has 0 aliphatic heterocycles. The molecule has 0 saturated carbocycles. The van der Waals surface area contributed by atoms with Crippen LogP contribution in [-0.4, -0.2) is 25.6 Å². The fourth-order valence-corrected chi connectivity index (χ4v) is 1.61. The second kappa shape index (κ2) is 5.59. The van der Waals surface area contributed by atoms with Crippen LogP contribution in [0.25, 0.3) is 11.4 Å². The second-order valence-corrected chi connectivity index (χ2v) is 4.06. The van der Waals surface area contributed by atoms with Gasteiger partial charge in [0.15, 0.2) is 5.82 Å². The molecule has 0 atom stereocenters. The lowest BCUT2D eigenvalue weighted by Crippen LogP contribution is -1.99. The van der Waals surface area contributed by atoms with E-state index in [-0.39, 0.29) is 5.69 Å². The van der Waals surface area contributed by atoms with Crippen molar-refractivity contribution in [1.82, 2.24) is 14.8 Å². The Balaban J connectivity index is 2.15. The van der Waals surface area contributed by atoms with E-state index in [1.165, 1.54) is 12.1 Å². The zero-order valence-electron chi connectivity index (χ0n) is 9.49. The van der Waals surface area contributed by atoms with Crippen LogP contribution in [0.2, 0.25) is 0 Å². The average molecular weight is 267 g/mol. The van der Waals surface area contributed by atoms with Crippen LogP contribution < -0.4 is 0 Å². The van der Waals surface area contributed by atoms with Gasteiger partial charge in [-0.15, -0.1) is 11.6 Å². The first kappa shape index (κ1) is 12.5. The lowest BCUT2D eigenvalue weighted by molar-refractivity contribution is -0.384. The van der Waals surface area contributed by atoms with Gasteiger partial charge >= 0.3 is 0 Å². The van der Waals surface area contributed by atoms with Gasteiger partial charge in [0.2, 0.25) is 0 Å². The number of nitro benzene ring substituents is 1. The number of aromatic nitrogens is 3. The number of hydrogen-bond acceptors (Lipinski definition) is 4. The predicted molar refractivity (Wildman–Crippen MR) is 67.4 cm³/mol. The number of hydrogen-bond donors (Lipinski definition) is 0. The van der Waals surface area contributed by atoms with Crippen LogP contribution >= 0.6 is 11.6 Å². The summed E-state index contributed by atoms with van der Waals surface area (Å²) < 4.78 is 1.71. The molecule has 6 nitrogen and oxygen atoms in total. The van der Waals surface area contributed by atoms with E-state index < -0.39 is 4.92 Å². The third-order valence-electron chi connectivity index (χ3n) is 2.39. The maximum absolute atomic E-state index is 10.5. The minimum Gasteiger partial charge on any atom is -0.258 e. The van der Waals surface area contributed by atoms with E-state index >= 15 is 0 Å². The topological polar surface area (TPSA) is 73.8 Å². The van der Waals surface area contributed by atoms with Gasteiger partial charge in [0, 0.05) is 30.1 Å². The number of nitrogens with zero attached hydrogens (tertiary/aromatic N) is 4. The molecule has 0 bridgehead atoms. The van der Waals surface area contributed by atoms with E-state index in [0.29, 0.717) is 18.2 Å². The van der Waals surface area contributed by atoms with Crippen LogP contribution in [0, 0.1) is 10.1 Å². The lowest BCUT2D eigenvalue weighted by atomic mass is 10.2. The molecule has 0 spiro atoms. The maximum atomic E-state index is 10.5. The largest absolute Gasteiger partial charge is 0.269 e. The highest BCUT2D eigenvalue weighted by molar-refractivity contribution is 6.17. The van der Waals surface area contributed by atoms with Crippen molar-refractivity contribution in [3.63, 3.8) is 0 Å². The quantitative estimate of drug-likeness (QED) is 0.473. The van der Waals surface area contributed by atoms with Crippen LogP contribution in [0.1, 0.15) is 6.42 Å². The summed E-state index contributed by atoms with van der Waals surface area (Å²) in [6, 6.07) is 6.16. The highest BCUT2D eigenvalue weighted by atomic mass is 35.5. The Morgan fingerprint density at radius 3 is 2.67 bits per heavy atom. The highest BCUT2D eigenvalue weighted by Crippen LogP contribution is 2.18. The molecule has 0 saturated heterocycles. The molecule has 1 aromatic heterocycles. The molecule has 7 heteroatoms. The Morgan fingerprint density at radius 2 is 2.06 bits per heavy atom. The summed E-state index contributed by atoms with van der Waals surface area (Å²) >= 11 is 5.60. The molecule has 0 radical (unpaired) electrons. The molecule has 2 rings (SSSR count). The first-order valence-corrected chi connectivity index (χ1v) is 5.94. The van der Waals surface area contributed by atoms with Crippen LogP contribution in [0.5, 0.6) is 0 Å². The Hall–Kier alpha value is -1.95. The third kappa shape index (κ3) is 2.84. The number of alkyl halides is 1. The fourth-order valence-electron chi connectivity index (χ4n) is 1.49. The number of rotatable bonds is 5. The summed E-state index contributed by atoms with van der Waals surface area (Å²) in [5.74, 6) is 1.13. The highest BCUT2D eigenvalue weighted by Gasteiger charge is 2.08. The second-order valence-electron chi connectivity index (χ2n) is 3.68. The van der Waals surface area contributed by atoms with Gasteiger partial charge in [-0.05, 0) is 18.6 Å². The lowest BCUT2D eigenvalue weighted by Gasteiger charge is -1.97. The molecule has 0 fully saturated rings. The van der Waals surface area contributed by atoms with E-state index in [9.17, 15) is 10.1 Å². The molecule has 94 valence electrons. The molecular weight excluding hydrogens is 256 g/mol. The summed E-state index contributed by atoms with van der Waals surface area (Å²) in [7, 11) is 0. The fraction of sp³-hybridized carbons (Fsp3) is 0.273. The van der Waals surface area contributed by atoms with Crippen molar-refractivity contribution >= 4 is 17.3 Å². The molecule has 1 aromatic carbocycles. The number of benzene rings is 1. The Bertz CT molecular complexity index is 538. The summed E-state index contributed by atoms with van der Waals surface area (Å²) in [4.78, 5) is 14.2. The standard InChI is InChI=1S/C11H11ClN4O2/c12-6-1-7-15-8-13-11(14-15)9-2-4-10(5-3-9)16(17)18/h2-5,8H,1,6-7H2. The average Bonchev–Trinajstić information content (AvgIpc) is 2.85. The predicted octanol–water partition coefficient (Wildman–Crippen LogP) is 2.48. The Morgan fingerprint density at radius 1 is 1.33 bits per heavy atom. The van der Waals surface area contributed by atoms with Gasteiger partial charge in [-0.25, -0.2) is 4.98 Å². The van der Waals surface area contributed by atoms with E-state index in [4.69, 9.17) is 11.6 Å². The van der Waals surface area contributed by atoms with Gasteiger partial charge in [0.25, 0.3) is 5.69 Å². The number of non-ortho nitro benzene ring substituents is 1. The molecule has 0 amide bonds. The summed E-state index contributed by atoms with van der Waals surface area (Å²) in [5.41, 5.74) is 0.811. The first-order valence-electron chi connectivity index (χ1n) is 5.41. The van der Waals surface area contributed by atoms with Gasteiger partial charge in [0.05, 0.1) is 4.92 Å². The molecule has 0 unspecified atom stereocenters. The van der Waals surface area contributed by atoms with Crippen LogP contribution in [-0.2, 0) is 6.54 Å². The zero-order valence-corrected chi connectivity index (χ0v) is 10.2. The van der Waals surface area contributed by atoms with Gasteiger partial charge in [-0.3, -0.25) is 14.8 Å². The van der Waals surface area contributed by atoms with Crippen molar-refractivity contribution in [2.75, 3.05) is 5.88 Å². The number of aryl methyl sites for hydroxylation is 1. The molecule has 0 aliphatic rings. The van der Waals surface area contributed by atoms with Gasteiger partial charge in [-0.2, -0.15) is 5.10 Å². The van der Waals surface area contributed by atoms with Crippen molar-refractivity contribution < 1.29 is 4.92 Å². The van der Waals surface area contributed by atoms with Crippen LogP contribution in [0.4, 0.5) is 5.69 Å². The van der Waals surface area contributed by atoms with Crippen LogP contribution in [0.3, 0.4) is 0 Å². The number of halogens is 1. The van der Waals surface area contributed by atoms with E-state index in [1.54, 1.807) is 23.1 Å². The summed E-state index contributed by atoms with van der Waals surface area (Å²) in [6.45, 7) is 0.712. The molecule has 18 heavy (non-hydrogen) atoms. The third-order valence-corrected chi connectivity index (χ3v) is 2.66. The molecular formula is C11H11ClN4O2. The van der Waals surface area contributed by atoms with Crippen molar-refractivity contribution in [3.05, 3.63) is 40.7 Å². The van der Waals surface area contributed by atoms with E-state index in [2.05, 4.69) is 10.1 Å². The van der Waals surface area contributed by atoms with Crippen molar-refractivity contribution in [2.45, 2.75) is 13.0 Å². The van der Waals surface area contributed by atoms with Crippen molar-refractivity contribution in [2.24, 2.45) is 0 Å². The normalized spacial score (nSPS) is 10.5. The Labute approximate surface area is 108 Å². The van der Waals surface area contributed by atoms with Gasteiger partial charge < -0.3 is 0 Å². The van der Waals surface area contributed by atoms with Crippen molar-refractivity contribution in [1.29, 1.82) is 0 Å². The van der Waals surface area contributed by atoms with Gasteiger partial charge in [-0.1, -0.05) is 0 Å². The zero-order chi connectivity index (χ0) is 13.0. The van der Waals surface area contributed by atoms with Gasteiger partial charge in [0.1, 0.15) is 6.33 Å². The smallest absolute Gasteiger partial charge is 0.258 e.